The molecule has 2 N–H and O–H groups in total. The van der Waals surface area contributed by atoms with Crippen LogP contribution in [0, 0.1) is 0 Å². The minimum absolute atomic E-state index is 0.0848. The Bertz CT molecular complexity index is 1150. The number of allylic oxidation sites excluding steroid dienone is 1. The van der Waals surface area contributed by atoms with Crippen LogP contribution >= 0.6 is 50.9 Å². The maximum Gasteiger partial charge on any atom is 0.252 e. The van der Waals surface area contributed by atoms with Gasteiger partial charge in [0.15, 0.2) is 11.0 Å². The normalized spacial score (nSPS) is 10.6. The molecule has 1 heterocycles. The number of carbonyl (C=O) groups excluding carboxylic acids is 2. The number of amides is 2. The minimum atomic E-state index is -0.267. The molecule has 1 aromatic heterocycles. The molecule has 0 radical (unpaired) electrons. The molecule has 2 amide bonds. The van der Waals surface area contributed by atoms with Gasteiger partial charge in [-0.3, -0.25) is 9.59 Å². The number of hydrogen-bond acceptors (Lipinski definition) is 5. The first-order valence-corrected chi connectivity index (χ1v) is 11.9. The number of halogens is 3. The van der Waals surface area contributed by atoms with E-state index >= 15 is 0 Å². The molecule has 3 aromatic rings. The number of rotatable bonds is 9. The minimum Gasteiger partial charge on any atom is -0.345 e. The molecule has 0 aliphatic heterocycles. The summed E-state index contributed by atoms with van der Waals surface area (Å²) < 4.78 is 2.49. The van der Waals surface area contributed by atoms with E-state index in [-0.39, 0.29) is 24.1 Å². The number of anilines is 1. The van der Waals surface area contributed by atoms with Crippen LogP contribution in [0.25, 0.3) is 0 Å². The largest absolute Gasteiger partial charge is 0.345 e. The number of carbonyl (C=O) groups is 2. The molecule has 166 valence electrons. The van der Waals surface area contributed by atoms with Crippen LogP contribution in [0.3, 0.4) is 0 Å². The number of thioether (sulfide) groups is 1. The first-order valence-electron chi connectivity index (χ1n) is 9.32. The van der Waals surface area contributed by atoms with Gasteiger partial charge in [-0.1, -0.05) is 53.2 Å². The second-order valence-corrected chi connectivity index (χ2v) is 9.06. The van der Waals surface area contributed by atoms with Crippen molar-refractivity contribution in [3.05, 3.63) is 81.0 Å². The van der Waals surface area contributed by atoms with Gasteiger partial charge in [0.25, 0.3) is 5.91 Å². The van der Waals surface area contributed by atoms with E-state index in [1.54, 1.807) is 47.0 Å². The molecule has 0 unspecified atom stereocenters. The maximum absolute atomic E-state index is 12.5. The van der Waals surface area contributed by atoms with E-state index in [1.165, 1.54) is 11.8 Å². The van der Waals surface area contributed by atoms with Gasteiger partial charge in [-0.2, -0.15) is 0 Å². The third-order valence-electron chi connectivity index (χ3n) is 4.17. The van der Waals surface area contributed by atoms with E-state index in [9.17, 15) is 9.59 Å². The van der Waals surface area contributed by atoms with E-state index in [0.717, 1.165) is 0 Å². The second kappa shape index (κ2) is 11.5. The molecule has 0 saturated carbocycles. The highest BCUT2D eigenvalue weighted by molar-refractivity contribution is 9.10. The molecule has 2 aromatic carbocycles. The second-order valence-electron chi connectivity index (χ2n) is 6.42. The van der Waals surface area contributed by atoms with Crippen molar-refractivity contribution in [3.8, 4) is 0 Å². The van der Waals surface area contributed by atoms with Gasteiger partial charge in [0.1, 0.15) is 0 Å². The van der Waals surface area contributed by atoms with Gasteiger partial charge in [0, 0.05) is 16.0 Å². The lowest BCUT2D eigenvalue weighted by Gasteiger charge is -2.10. The highest BCUT2D eigenvalue weighted by Gasteiger charge is 2.16. The lowest BCUT2D eigenvalue weighted by Crippen LogP contribution is -2.25. The average molecular weight is 555 g/mol. The zero-order chi connectivity index (χ0) is 23.1. The molecule has 0 atom stereocenters. The molecule has 0 spiro atoms. The predicted octanol–water partition coefficient (Wildman–Crippen LogP) is 5.19. The molecule has 3 rings (SSSR count). The smallest absolute Gasteiger partial charge is 0.252 e. The molecule has 11 heteroatoms. The van der Waals surface area contributed by atoms with Crippen LogP contribution in [0.4, 0.5) is 5.69 Å². The third kappa shape index (κ3) is 6.35. The average Bonchev–Trinajstić information content (AvgIpc) is 3.15. The fourth-order valence-electron chi connectivity index (χ4n) is 2.68. The summed E-state index contributed by atoms with van der Waals surface area (Å²) in [6, 6.07) is 12.0. The lowest BCUT2D eigenvalue weighted by molar-refractivity contribution is -0.113. The Morgan fingerprint density at radius 3 is 2.72 bits per heavy atom. The quantitative estimate of drug-likeness (QED) is 0.280. The van der Waals surface area contributed by atoms with Crippen molar-refractivity contribution in [1.82, 2.24) is 20.1 Å². The van der Waals surface area contributed by atoms with Gasteiger partial charge >= 0.3 is 0 Å². The lowest BCUT2D eigenvalue weighted by atomic mass is 10.2. The maximum atomic E-state index is 12.5. The van der Waals surface area contributed by atoms with E-state index < -0.39 is 0 Å². The van der Waals surface area contributed by atoms with Crippen LogP contribution < -0.4 is 10.6 Å². The third-order valence-corrected chi connectivity index (χ3v) is 6.39. The van der Waals surface area contributed by atoms with Gasteiger partial charge in [-0.15, -0.1) is 16.8 Å². The monoisotopic (exact) mass is 553 g/mol. The first kappa shape index (κ1) is 24.3. The van der Waals surface area contributed by atoms with E-state index in [4.69, 9.17) is 23.2 Å². The number of benzene rings is 2. The Labute approximate surface area is 207 Å². The van der Waals surface area contributed by atoms with Crippen molar-refractivity contribution >= 4 is 68.4 Å². The summed E-state index contributed by atoms with van der Waals surface area (Å²) in [6.07, 6.45) is 1.69. The number of nitrogens with zero attached hydrogens (tertiary/aromatic N) is 3. The van der Waals surface area contributed by atoms with Crippen LogP contribution in [0.5, 0.6) is 0 Å². The Morgan fingerprint density at radius 1 is 1.19 bits per heavy atom. The molecule has 7 nitrogen and oxygen atoms in total. The Balaban J connectivity index is 1.63. The van der Waals surface area contributed by atoms with Crippen molar-refractivity contribution in [2.75, 3.05) is 11.1 Å². The zero-order valence-corrected chi connectivity index (χ0v) is 20.6. The van der Waals surface area contributed by atoms with Gasteiger partial charge in [0.05, 0.1) is 28.6 Å². The van der Waals surface area contributed by atoms with Crippen LogP contribution in [-0.2, 0) is 17.9 Å². The summed E-state index contributed by atoms with van der Waals surface area (Å²) >= 11 is 16.6. The van der Waals surface area contributed by atoms with Crippen LogP contribution in [0.15, 0.2) is 64.7 Å². The van der Waals surface area contributed by atoms with Crippen molar-refractivity contribution in [1.29, 1.82) is 0 Å². The summed E-state index contributed by atoms with van der Waals surface area (Å²) in [4.78, 5) is 24.8. The van der Waals surface area contributed by atoms with Crippen molar-refractivity contribution < 1.29 is 9.59 Å². The molecule has 0 fully saturated rings. The zero-order valence-electron chi connectivity index (χ0n) is 16.6. The number of hydrogen-bond donors (Lipinski definition) is 2. The van der Waals surface area contributed by atoms with Gasteiger partial charge in [0.2, 0.25) is 5.91 Å². The van der Waals surface area contributed by atoms with Crippen LogP contribution in [-0.4, -0.2) is 32.3 Å². The van der Waals surface area contributed by atoms with Gasteiger partial charge < -0.3 is 15.2 Å². The highest BCUT2D eigenvalue weighted by Crippen LogP contribution is 2.26. The Morgan fingerprint density at radius 2 is 1.97 bits per heavy atom. The van der Waals surface area contributed by atoms with Crippen LogP contribution in [0.1, 0.15) is 16.2 Å². The molecule has 0 saturated heterocycles. The number of nitrogens with one attached hydrogen (secondary N) is 2. The molecule has 32 heavy (non-hydrogen) atoms. The molecule has 0 aliphatic rings. The fourth-order valence-corrected chi connectivity index (χ4v) is 4.25. The molecular formula is C21H18BrCl2N5O2S. The summed E-state index contributed by atoms with van der Waals surface area (Å²) in [6.45, 7) is 4.36. The highest BCUT2D eigenvalue weighted by atomic mass is 79.9. The summed E-state index contributed by atoms with van der Waals surface area (Å²) in [5.74, 6) is 0.126. The Hall–Kier alpha value is -2.33. The first-order chi connectivity index (χ1) is 15.4. The van der Waals surface area contributed by atoms with Crippen molar-refractivity contribution in [2.24, 2.45) is 0 Å². The number of aromatic nitrogens is 3. The molecular weight excluding hydrogens is 537 g/mol. The van der Waals surface area contributed by atoms with Crippen molar-refractivity contribution in [2.45, 2.75) is 18.2 Å². The summed E-state index contributed by atoms with van der Waals surface area (Å²) in [7, 11) is 0. The SMILES string of the molecule is C=CCn1c(CNC(=O)c2ccccc2Br)nnc1SCC(=O)Nc1cc(Cl)ccc1Cl. The van der Waals surface area contributed by atoms with Crippen molar-refractivity contribution in [3.63, 3.8) is 0 Å². The summed E-state index contributed by atoms with van der Waals surface area (Å²) in [5.41, 5.74) is 0.959. The summed E-state index contributed by atoms with van der Waals surface area (Å²) in [5, 5.41) is 15.3. The fraction of sp³-hybridized carbons (Fsp3) is 0.143. The van der Waals surface area contributed by atoms with E-state index in [1.807, 2.05) is 6.07 Å². The predicted molar refractivity (Wildman–Crippen MR) is 131 cm³/mol. The van der Waals surface area contributed by atoms with Gasteiger partial charge in [-0.05, 0) is 46.3 Å². The van der Waals surface area contributed by atoms with E-state index in [2.05, 4.69) is 43.3 Å². The van der Waals surface area contributed by atoms with Gasteiger partial charge in [-0.25, -0.2) is 0 Å². The molecule has 0 aliphatic carbocycles. The molecule has 0 bridgehead atoms. The van der Waals surface area contributed by atoms with E-state index in [0.29, 0.717) is 43.3 Å². The standard InChI is InChI=1S/C21H18BrCl2N5O2S/c1-2-9-29-18(11-25-20(31)14-5-3-4-6-15(14)22)27-28-21(29)32-12-19(30)26-17-10-13(23)7-8-16(17)24/h2-8,10H,1,9,11-12H2,(H,25,31)(H,26,30). The topological polar surface area (TPSA) is 88.9 Å². The Kier molecular flexibility index (Phi) is 8.75. The van der Waals surface area contributed by atoms with Crippen LogP contribution in [0.2, 0.25) is 10.0 Å².